The smallest absolute Gasteiger partial charge is 0.315 e. The summed E-state index contributed by atoms with van der Waals surface area (Å²) in [7, 11) is 0. The number of ether oxygens (including phenoxy) is 1. The van der Waals surface area contributed by atoms with E-state index in [1.165, 1.54) is 12.2 Å². The van der Waals surface area contributed by atoms with Crippen LogP contribution in [0.15, 0.2) is 30.3 Å². The van der Waals surface area contributed by atoms with Crippen LogP contribution in [0, 0.1) is 5.92 Å². The first kappa shape index (κ1) is 17.2. The average molecular weight is 322 g/mol. The number of carbonyl (C=O) groups is 1. The molecule has 1 atom stereocenters. The van der Waals surface area contributed by atoms with Crippen molar-refractivity contribution in [1.82, 2.24) is 10.6 Å². The molecule has 2 rings (SSSR count). The molecule has 0 bridgehead atoms. The standard InChI is InChI=1S/C17H26N2O2S/c1-17(2,13-21-11-14-6-4-3-5-7-14)19-16(20)18-10-15-8-9-22-12-15/h3-7,15H,8-13H2,1-2H3,(H2,18,19,20)/t15-/m1/s1. The highest BCUT2D eigenvalue weighted by Gasteiger charge is 2.22. The lowest BCUT2D eigenvalue weighted by molar-refractivity contribution is 0.0743. The minimum atomic E-state index is -0.386. The Balaban J connectivity index is 1.64. The normalized spacial score (nSPS) is 18.2. The van der Waals surface area contributed by atoms with Crippen molar-refractivity contribution in [2.75, 3.05) is 24.7 Å². The van der Waals surface area contributed by atoms with E-state index in [2.05, 4.69) is 10.6 Å². The molecule has 0 aromatic heterocycles. The van der Waals surface area contributed by atoms with Crippen molar-refractivity contribution < 1.29 is 9.53 Å². The third kappa shape index (κ3) is 6.28. The minimum Gasteiger partial charge on any atom is -0.374 e. The van der Waals surface area contributed by atoms with Crippen LogP contribution < -0.4 is 10.6 Å². The fraction of sp³-hybridized carbons (Fsp3) is 0.588. The van der Waals surface area contributed by atoms with E-state index >= 15 is 0 Å². The van der Waals surface area contributed by atoms with E-state index in [0.29, 0.717) is 19.1 Å². The summed E-state index contributed by atoms with van der Waals surface area (Å²) in [5, 5.41) is 5.95. The molecule has 0 spiro atoms. The first-order valence-corrected chi connectivity index (χ1v) is 8.96. The van der Waals surface area contributed by atoms with Crippen LogP contribution in [-0.2, 0) is 11.3 Å². The van der Waals surface area contributed by atoms with Gasteiger partial charge in [0.25, 0.3) is 0 Å². The van der Waals surface area contributed by atoms with Gasteiger partial charge < -0.3 is 15.4 Å². The largest absolute Gasteiger partial charge is 0.374 e. The number of amides is 2. The van der Waals surface area contributed by atoms with E-state index < -0.39 is 0 Å². The van der Waals surface area contributed by atoms with E-state index in [1.807, 2.05) is 55.9 Å². The molecule has 2 amide bonds. The highest BCUT2D eigenvalue weighted by atomic mass is 32.2. The molecule has 0 saturated carbocycles. The van der Waals surface area contributed by atoms with Crippen molar-refractivity contribution in [2.24, 2.45) is 5.92 Å². The number of rotatable bonds is 7. The fourth-order valence-corrected chi connectivity index (χ4v) is 3.65. The molecule has 122 valence electrons. The van der Waals surface area contributed by atoms with Crippen molar-refractivity contribution in [3.8, 4) is 0 Å². The van der Waals surface area contributed by atoms with Crippen molar-refractivity contribution in [1.29, 1.82) is 0 Å². The molecule has 0 unspecified atom stereocenters. The van der Waals surface area contributed by atoms with Crippen molar-refractivity contribution in [3.63, 3.8) is 0 Å². The van der Waals surface area contributed by atoms with Gasteiger partial charge in [-0.1, -0.05) is 30.3 Å². The number of hydrogen-bond donors (Lipinski definition) is 2. The van der Waals surface area contributed by atoms with E-state index in [-0.39, 0.29) is 11.6 Å². The summed E-state index contributed by atoms with van der Waals surface area (Å²) >= 11 is 1.96. The second kappa shape index (κ2) is 8.44. The van der Waals surface area contributed by atoms with Gasteiger partial charge in [0.1, 0.15) is 0 Å². The molecular weight excluding hydrogens is 296 g/mol. The molecule has 4 nitrogen and oxygen atoms in total. The number of urea groups is 1. The maximum absolute atomic E-state index is 12.0. The Labute approximate surface area is 137 Å². The van der Waals surface area contributed by atoms with Crippen LogP contribution in [0.3, 0.4) is 0 Å². The average Bonchev–Trinajstić information content (AvgIpc) is 2.99. The zero-order chi connectivity index (χ0) is 15.8. The number of benzene rings is 1. The summed E-state index contributed by atoms with van der Waals surface area (Å²) in [5.41, 5.74) is 0.755. The summed E-state index contributed by atoms with van der Waals surface area (Å²) < 4.78 is 5.72. The van der Waals surface area contributed by atoms with Crippen molar-refractivity contribution in [3.05, 3.63) is 35.9 Å². The Morgan fingerprint density at radius 3 is 2.82 bits per heavy atom. The van der Waals surface area contributed by atoms with E-state index in [1.54, 1.807) is 0 Å². The van der Waals surface area contributed by atoms with Gasteiger partial charge in [0.15, 0.2) is 0 Å². The molecule has 1 fully saturated rings. The van der Waals surface area contributed by atoms with Crippen LogP contribution in [-0.4, -0.2) is 36.2 Å². The minimum absolute atomic E-state index is 0.106. The summed E-state index contributed by atoms with van der Waals surface area (Å²) in [6.45, 7) is 5.76. The monoisotopic (exact) mass is 322 g/mol. The molecule has 1 aromatic carbocycles. The Morgan fingerprint density at radius 2 is 2.14 bits per heavy atom. The van der Waals surface area contributed by atoms with Gasteiger partial charge in [-0.2, -0.15) is 11.8 Å². The number of nitrogens with one attached hydrogen (secondary N) is 2. The van der Waals surface area contributed by atoms with Crippen LogP contribution in [0.5, 0.6) is 0 Å². The topological polar surface area (TPSA) is 50.4 Å². The molecule has 5 heteroatoms. The van der Waals surface area contributed by atoms with Gasteiger partial charge >= 0.3 is 6.03 Å². The quantitative estimate of drug-likeness (QED) is 0.811. The van der Waals surface area contributed by atoms with E-state index in [0.717, 1.165) is 17.9 Å². The lowest BCUT2D eigenvalue weighted by Gasteiger charge is -2.26. The van der Waals surface area contributed by atoms with Crippen LogP contribution in [0.1, 0.15) is 25.8 Å². The van der Waals surface area contributed by atoms with Crippen LogP contribution in [0.2, 0.25) is 0 Å². The summed E-state index contributed by atoms with van der Waals surface area (Å²) in [4.78, 5) is 12.0. The molecule has 1 heterocycles. The van der Waals surface area contributed by atoms with Gasteiger partial charge in [-0.15, -0.1) is 0 Å². The number of carbonyl (C=O) groups excluding carboxylic acids is 1. The predicted octanol–water partition coefficient (Wildman–Crippen LogP) is 3.03. The molecular formula is C17H26N2O2S. The Kier molecular flexibility index (Phi) is 6.58. The highest BCUT2D eigenvalue weighted by molar-refractivity contribution is 7.99. The van der Waals surface area contributed by atoms with E-state index in [9.17, 15) is 4.79 Å². The maximum Gasteiger partial charge on any atom is 0.315 e. The molecule has 1 aromatic rings. The van der Waals surface area contributed by atoms with Gasteiger partial charge in [0.2, 0.25) is 0 Å². The third-order valence-electron chi connectivity index (χ3n) is 3.60. The molecule has 1 saturated heterocycles. The van der Waals surface area contributed by atoms with Gasteiger partial charge in [-0.25, -0.2) is 4.79 Å². The first-order valence-electron chi connectivity index (χ1n) is 7.80. The zero-order valence-corrected chi connectivity index (χ0v) is 14.2. The molecule has 0 aliphatic carbocycles. The summed E-state index contributed by atoms with van der Waals surface area (Å²) in [5.74, 6) is 2.99. The Bertz CT molecular complexity index is 459. The Hall–Kier alpha value is -1.20. The first-order chi connectivity index (χ1) is 10.6. The fourth-order valence-electron chi connectivity index (χ4n) is 2.37. The molecule has 2 N–H and O–H groups in total. The van der Waals surface area contributed by atoms with Gasteiger partial charge in [-0.05, 0) is 43.3 Å². The molecule has 1 aliphatic heterocycles. The van der Waals surface area contributed by atoms with Crippen LogP contribution >= 0.6 is 11.8 Å². The number of thioether (sulfide) groups is 1. The van der Waals surface area contributed by atoms with Gasteiger partial charge in [0, 0.05) is 6.54 Å². The molecule has 22 heavy (non-hydrogen) atoms. The zero-order valence-electron chi connectivity index (χ0n) is 13.4. The third-order valence-corrected chi connectivity index (χ3v) is 4.83. The van der Waals surface area contributed by atoms with Crippen LogP contribution in [0.25, 0.3) is 0 Å². The van der Waals surface area contributed by atoms with Crippen molar-refractivity contribution >= 4 is 17.8 Å². The second-order valence-electron chi connectivity index (χ2n) is 6.43. The Morgan fingerprint density at radius 1 is 1.36 bits per heavy atom. The van der Waals surface area contributed by atoms with Crippen molar-refractivity contribution in [2.45, 2.75) is 32.4 Å². The highest BCUT2D eigenvalue weighted by Crippen LogP contribution is 2.22. The lowest BCUT2D eigenvalue weighted by Crippen LogP contribution is -2.51. The molecule has 1 aliphatic rings. The summed E-state index contributed by atoms with van der Waals surface area (Å²) in [6, 6.07) is 9.94. The number of hydrogen-bond acceptors (Lipinski definition) is 3. The van der Waals surface area contributed by atoms with Gasteiger partial charge in [-0.3, -0.25) is 0 Å². The maximum atomic E-state index is 12.0. The van der Waals surface area contributed by atoms with Gasteiger partial charge in [0.05, 0.1) is 18.8 Å². The lowest BCUT2D eigenvalue weighted by atomic mass is 10.1. The second-order valence-corrected chi connectivity index (χ2v) is 7.58. The van der Waals surface area contributed by atoms with E-state index in [4.69, 9.17) is 4.74 Å². The summed E-state index contributed by atoms with van der Waals surface area (Å²) in [6.07, 6.45) is 1.20. The SMILES string of the molecule is CC(C)(COCc1ccccc1)NC(=O)NC[C@H]1CCSC1. The van der Waals surface area contributed by atoms with Crippen LogP contribution in [0.4, 0.5) is 4.79 Å². The molecule has 0 radical (unpaired) electrons. The predicted molar refractivity (Wildman–Crippen MR) is 92.1 cm³/mol.